The number of aromatic nitrogens is 2. The highest BCUT2D eigenvalue weighted by atomic mass is 19.4. The van der Waals surface area contributed by atoms with Crippen molar-refractivity contribution in [2.75, 3.05) is 0 Å². The molecule has 0 aromatic carbocycles. The summed E-state index contributed by atoms with van der Waals surface area (Å²) in [5.41, 5.74) is -2.44. The quantitative estimate of drug-likeness (QED) is 0.670. The van der Waals surface area contributed by atoms with Crippen molar-refractivity contribution in [3.05, 3.63) is 28.4 Å². The zero-order valence-electron chi connectivity index (χ0n) is 8.59. The molecule has 0 aliphatic heterocycles. The smallest absolute Gasteiger partial charge is 0.294 e. The first-order valence-corrected chi connectivity index (χ1v) is 4.29. The van der Waals surface area contributed by atoms with Crippen molar-refractivity contribution in [1.29, 1.82) is 0 Å². The van der Waals surface area contributed by atoms with E-state index >= 15 is 0 Å². The Balaban J connectivity index is 3.28. The van der Waals surface area contributed by atoms with Gasteiger partial charge in [-0.15, -0.1) is 0 Å². The first-order valence-electron chi connectivity index (χ1n) is 4.29. The van der Waals surface area contributed by atoms with Crippen molar-refractivity contribution in [2.45, 2.75) is 32.5 Å². The topological polar surface area (TPSA) is 34.9 Å². The molecule has 1 heterocycles. The van der Waals surface area contributed by atoms with E-state index in [0.29, 0.717) is 6.07 Å². The van der Waals surface area contributed by atoms with Gasteiger partial charge in [-0.2, -0.15) is 13.2 Å². The number of hydrogen-bond donors (Lipinski definition) is 0. The second kappa shape index (κ2) is 3.36. The normalized spacial score (nSPS) is 12.9. The number of nitrogens with zero attached hydrogens (tertiary/aromatic N) is 2. The van der Waals surface area contributed by atoms with Crippen molar-refractivity contribution in [3.8, 4) is 0 Å². The fraction of sp³-hybridized carbons (Fsp3) is 0.556. The van der Waals surface area contributed by atoms with Gasteiger partial charge in [-0.05, 0) is 20.8 Å². The molecule has 0 bridgehead atoms. The van der Waals surface area contributed by atoms with Gasteiger partial charge in [0.2, 0.25) is 0 Å². The van der Waals surface area contributed by atoms with Crippen LogP contribution in [-0.2, 0) is 11.7 Å². The molecule has 6 heteroatoms. The second-order valence-corrected chi connectivity index (χ2v) is 4.15. The molecular weight excluding hydrogens is 209 g/mol. The van der Waals surface area contributed by atoms with Gasteiger partial charge in [0.25, 0.3) is 5.56 Å². The zero-order chi connectivity index (χ0) is 11.9. The van der Waals surface area contributed by atoms with Crippen LogP contribution in [0.25, 0.3) is 0 Å². The molecule has 0 saturated carbocycles. The number of halogens is 3. The minimum absolute atomic E-state index is 0.505. The van der Waals surface area contributed by atoms with Gasteiger partial charge in [0.1, 0.15) is 0 Å². The summed E-state index contributed by atoms with van der Waals surface area (Å²) in [6.07, 6.45) is -3.65. The summed E-state index contributed by atoms with van der Waals surface area (Å²) in [5, 5.41) is 0. The summed E-state index contributed by atoms with van der Waals surface area (Å²) < 4.78 is 37.7. The van der Waals surface area contributed by atoms with E-state index in [1.807, 2.05) is 0 Å². The minimum Gasteiger partial charge on any atom is -0.294 e. The van der Waals surface area contributed by atoms with Crippen LogP contribution in [0.1, 0.15) is 26.5 Å². The molecule has 0 unspecified atom stereocenters. The molecule has 0 amide bonds. The molecule has 0 atom stereocenters. The maximum atomic E-state index is 12.2. The number of rotatable bonds is 0. The van der Waals surface area contributed by atoms with Crippen LogP contribution in [-0.4, -0.2) is 9.55 Å². The van der Waals surface area contributed by atoms with Crippen LogP contribution in [0.4, 0.5) is 13.2 Å². The van der Waals surface area contributed by atoms with Gasteiger partial charge in [-0.1, -0.05) is 0 Å². The first kappa shape index (κ1) is 11.7. The Bertz CT molecular complexity index is 415. The summed E-state index contributed by atoms with van der Waals surface area (Å²) in [4.78, 5) is 14.6. The van der Waals surface area contributed by atoms with Crippen LogP contribution in [0.3, 0.4) is 0 Å². The Morgan fingerprint density at radius 2 is 1.80 bits per heavy atom. The van der Waals surface area contributed by atoms with Gasteiger partial charge >= 0.3 is 6.18 Å². The van der Waals surface area contributed by atoms with E-state index in [1.54, 1.807) is 20.8 Å². The molecule has 0 N–H and O–H groups in total. The highest BCUT2D eigenvalue weighted by Crippen LogP contribution is 2.26. The summed E-state index contributed by atoms with van der Waals surface area (Å²) >= 11 is 0. The van der Waals surface area contributed by atoms with E-state index in [1.165, 1.54) is 0 Å². The van der Waals surface area contributed by atoms with E-state index in [9.17, 15) is 18.0 Å². The molecular formula is C9H11F3N2O. The highest BCUT2D eigenvalue weighted by Gasteiger charge is 2.33. The van der Waals surface area contributed by atoms with Gasteiger partial charge in [0, 0.05) is 11.6 Å². The lowest BCUT2D eigenvalue weighted by Gasteiger charge is -2.21. The molecule has 0 aliphatic carbocycles. The third-order valence-corrected chi connectivity index (χ3v) is 1.82. The van der Waals surface area contributed by atoms with E-state index in [2.05, 4.69) is 4.98 Å². The van der Waals surface area contributed by atoms with Gasteiger partial charge in [-0.3, -0.25) is 9.36 Å². The van der Waals surface area contributed by atoms with Crippen LogP contribution in [0, 0.1) is 0 Å². The zero-order valence-corrected chi connectivity index (χ0v) is 8.59. The Hall–Kier alpha value is -1.33. The van der Waals surface area contributed by atoms with E-state index in [-0.39, 0.29) is 0 Å². The predicted octanol–water partition coefficient (Wildman–Crippen LogP) is 2.02. The fourth-order valence-electron chi connectivity index (χ4n) is 1.06. The molecule has 0 aliphatic rings. The van der Waals surface area contributed by atoms with E-state index in [4.69, 9.17) is 0 Å². The molecule has 3 nitrogen and oxygen atoms in total. The average molecular weight is 220 g/mol. The maximum Gasteiger partial charge on any atom is 0.433 e. The third kappa shape index (κ3) is 2.57. The summed E-state index contributed by atoms with van der Waals surface area (Å²) in [5.74, 6) is 0. The number of hydrogen-bond acceptors (Lipinski definition) is 2. The minimum atomic E-state index is -4.57. The molecule has 0 spiro atoms. The van der Waals surface area contributed by atoms with Gasteiger partial charge in [0.15, 0.2) is 5.69 Å². The largest absolute Gasteiger partial charge is 0.433 e. The lowest BCUT2D eigenvalue weighted by Crippen LogP contribution is -2.34. The molecule has 0 radical (unpaired) electrons. The van der Waals surface area contributed by atoms with Gasteiger partial charge in [-0.25, -0.2) is 4.98 Å². The molecule has 1 rings (SSSR count). The molecule has 1 aromatic heterocycles. The number of alkyl halides is 3. The molecule has 1 aromatic rings. The van der Waals surface area contributed by atoms with Crippen LogP contribution in [0.15, 0.2) is 17.2 Å². The molecule has 0 fully saturated rings. The lowest BCUT2D eigenvalue weighted by molar-refractivity contribution is -0.141. The summed E-state index contributed by atoms with van der Waals surface area (Å²) in [6.45, 7) is 5.13. The van der Waals surface area contributed by atoms with Gasteiger partial charge < -0.3 is 0 Å². The maximum absolute atomic E-state index is 12.2. The van der Waals surface area contributed by atoms with Crippen molar-refractivity contribution >= 4 is 0 Å². The molecule has 0 saturated heterocycles. The molecule has 84 valence electrons. The van der Waals surface area contributed by atoms with Gasteiger partial charge in [0.05, 0.1) is 6.33 Å². The van der Waals surface area contributed by atoms with Crippen LogP contribution in [0.5, 0.6) is 0 Å². The Morgan fingerprint density at radius 3 is 2.13 bits per heavy atom. The predicted molar refractivity (Wildman–Crippen MR) is 48.5 cm³/mol. The Labute approximate surface area is 84.6 Å². The average Bonchev–Trinajstić information content (AvgIpc) is 1.99. The standard InChI is InChI=1S/C9H11F3N2O/c1-8(2,3)14-5-13-6(4-7(14)15)9(10,11)12/h4-5H,1-3H3. The van der Waals surface area contributed by atoms with E-state index in [0.717, 1.165) is 10.9 Å². The lowest BCUT2D eigenvalue weighted by atomic mass is 10.1. The Morgan fingerprint density at radius 1 is 1.27 bits per heavy atom. The second-order valence-electron chi connectivity index (χ2n) is 4.15. The first-order chi connectivity index (χ1) is 6.62. The van der Waals surface area contributed by atoms with Crippen LogP contribution in [0.2, 0.25) is 0 Å². The van der Waals surface area contributed by atoms with Crippen molar-refractivity contribution in [2.24, 2.45) is 0 Å². The summed E-state index contributed by atoms with van der Waals surface area (Å²) in [6, 6.07) is 0.505. The highest BCUT2D eigenvalue weighted by molar-refractivity contribution is 5.04. The third-order valence-electron chi connectivity index (χ3n) is 1.82. The SMILES string of the molecule is CC(C)(C)n1cnc(C(F)(F)F)cc1=O. The fourth-order valence-corrected chi connectivity index (χ4v) is 1.06. The van der Waals surface area contributed by atoms with Crippen molar-refractivity contribution in [1.82, 2.24) is 9.55 Å². The molecule has 15 heavy (non-hydrogen) atoms. The summed E-state index contributed by atoms with van der Waals surface area (Å²) in [7, 11) is 0. The van der Waals surface area contributed by atoms with Crippen LogP contribution < -0.4 is 5.56 Å². The van der Waals surface area contributed by atoms with E-state index < -0.39 is 23.0 Å². The Kier molecular flexibility index (Phi) is 2.63. The van der Waals surface area contributed by atoms with Crippen molar-refractivity contribution in [3.63, 3.8) is 0 Å². The van der Waals surface area contributed by atoms with Crippen molar-refractivity contribution < 1.29 is 13.2 Å². The monoisotopic (exact) mass is 220 g/mol. The van der Waals surface area contributed by atoms with Crippen LogP contribution >= 0.6 is 0 Å².